The van der Waals surface area contributed by atoms with Crippen molar-refractivity contribution in [1.29, 1.82) is 0 Å². The van der Waals surface area contributed by atoms with Crippen LogP contribution in [0, 0.1) is 6.92 Å². The van der Waals surface area contributed by atoms with Crippen molar-refractivity contribution in [3.05, 3.63) is 89.1 Å². The third-order valence-corrected chi connectivity index (χ3v) is 6.20. The lowest BCUT2D eigenvalue weighted by Gasteiger charge is -2.34. The van der Waals surface area contributed by atoms with E-state index in [1.54, 1.807) is 12.3 Å². The third-order valence-electron chi connectivity index (χ3n) is 6.20. The molecular weight excluding hydrogens is 398 g/mol. The van der Waals surface area contributed by atoms with E-state index >= 15 is 0 Å². The van der Waals surface area contributed by atoms with Crippen LogP contribution in [0.3, 0.4) is 0 Å². The van der Waals surface area contributed by atoms with Crippen LogP contribution in [0.2, 0.25) is 0 Å². The minimum Gasteiger partial charge on any atom is -0.455 e. The third kappa shape index (κ3) is 6.30. The van der Waals surface area contributed by atoms with Crippen LogP contribution in [0.5, 0.6) is 0 Å². The lowest BCUT2D eigenvalue weighted by atomic mass is 9.93. The number of pyridine rings is 1. The van der Waals surface area contributed by atoms with E-state index in [4.69, 9.17) is 4.42 Å². The Morgan fingerprint density at radius 3 is 2.72 bits per heavy atom. The molecule has 0 aliphatic heterocycles. The first kappa shape index (κ1) is 22.3. The molecule has 32 heavy (non-hydrogen) atoms. The molecule has 5 nitrogen and oxygen atoms in total. The quantitative estimate of drug-likeness (QED) is 0.500. The molecule has 1 aromatic carbocycles. The smallest absolute Gasteiger partial charge is 0.287 e. The van der Waals surface area contributed by atoms with E-state index in [0.29, 0.717) is 24.8 Å². The van der Waals surface area contributed by atoms with Crippen LogP contribution >= 0.6 is 0 Å². The number of carbonyl (C=O) groups is 1. The van der Waals surface area contributed by atoms with Crippen molar-refractivity contribution in [2.45, 2.75) is 64.6 Å². The highest BCUT2D eigenvalue weighted by Crippen LogP contribution is 2.26. The number of aromatic nitrogens is 1. The summed E-state index contributed by atoms with van der Waals surface area (Å²) in [4.78, 5) is 19.3. The minimum absolute atomic E-state index is 0.171. The standard InChI is InChI=1S/C27H33N3O2/c1-21-8-7-9-22(18-21)19-30(24-11-3-2-4-12-24)20-25-13-14-26(32-25)27(31)29-17-15-23-10-5-6-16-28-23/h5-10,13-14,16,18,24H,2-4,11-12,15,17,19-20H2,1H3,(H,29,31). The summed E-state index contributed by atoms with van der Waals surface area (Å²) in [7, 11) is 0. The van der Waals surface area contributed by atoms with Crippen molar-refractivity contribution in [2.75, 3.05) is 6.54 Å². The zero-order valence-electron chi connectivity index (χ0n) is 18.9. The van der Waals surface area contributed by atoms with Crippen LogP contribution in [-0.4, -0.2) is 28.4 Å². The molecule has 0 atom stereocenters. The summed E-state index contributed by atoms with van der Waals surface area (Å²) in [6.45, 7) is 4.30. The van der Waals surface area contributed by atoms with Crippen LogP contribution in [-0.2, 0) is 19.5 Å². The highest BCUT2D eigenvalue weighted by molar-refractivity contribution is 5.91. The van der Waals surface area contributed by atoms with Gasteiger partial charge < -0.3 is 9.73 Å². The predicted molar refractivity (Wildman–Crippen MR) is 126 cm³/mol. The lowest BCUT2D eigenvalue weighted by Crippen LogP contribution is -2.35. The van der Waals surface area contributed by atoms with Crippen molar-refractivity contribution < 1.29 is 9.21 Å². The van der Waals surface area contributed by atoms with Gasteiger partial charge in [-0.1, -0.05) is 55.2 Å². The van der Waals surface area contributed by atoms with Crippen LogP contribution in [0.1, 0.15) is 65.2 Å². The summed E-state index contributed by atoms with van der Waals surface area (Å²) < 4.78 is 5.96. The summed E-state index contributed by atoms with van der Waals surface area (Å²) in [5.74, 6) is 1.05. The van der Waals surface area contributed by atoms with Gasteiger partial charge in [0.1, 0.15) is 5.76 Å². The number of amides is 1. The van der Waals surface area contributed by atoms with Crippen LogP contribution in [0.25, 0.3) is 0 Å². The molecule has 1 N–H and O–H groups in total. The van der Waals surface area contributed by atoms with Crippen LogP contribution in [0.15, 0.2) is 65.2 Å². The normalized spacial score (nSPS) is 14.6. The fraction of sp³-hybridized carbons (Fsp3) is 0.407. The van der Waals surface area contributed by atoms with Gasteiger partial charge in [-0.3, -0.25) is 14.7 Å². The highest BCUT2D eigenvalue weighted by Gasteiger charge is 2.23. The molecule has 1 fully saturated rings. The molecule has 0 radical (unpaired) electrons. The average Bonchev–Trinajstić information content (AvgIpc) is 3.29. The summed E-state index contributed by atoms with van der Waals surface area (Å²) in [6, 6.07) is 18.8. The minimum atomic E-state index is -0.171. The molecule has 0 unspecified atom stereocenters. The van der Waals surface area contributed by atoms with E-state index < -0.39 is 0 Å². The maximum Gasteiger partial charge on any atom is 0.287 e. The number of nitrogens with one attached hydrogen (secondary N) is 1. The largest absolute Gasteiger partial charge is 0.455 e. The van der Waals surface area contributed by atoms with Crippen molar-refractivity contribution in [2.24, 2.45) is 0 Å². The zero-order chi connectivity index (χ0) is 22.2. The first-order valence-corrected chi connectivity index (χ1v) is 11.7. The second-order valence-electron chi connectivity index (χ2n) is 8.78. The molecule has 0 bridgehead atoms. The molecule has 1 aliphatic rings. The van der Waals surface area contributed by atoms with Gasteiger partial charge in [-0.25, -0.2) is 0 Å². The number of nitrogens with zero attached hydrogens (tertiary/aromatic N) is 2. The molecule has 1 aliphatic carbocycles. The van der Waals surface area contributed by atoms with E-state index in [9.17, 15) is 4.79 Å². The van der Waals surface area contributed by atoms with Crippen LogP contribution < -0.4 is 5.32 Å². The molecule has 2 heterocycles. The Hall–Kier alpha value is -2.92. The second-order valence-corrected chi connectivity index (χ2v) is 8.78. The Morgan fingerprint density at radius 2 is 1.94 bits per heavy atom. The predicted octanol–water partition coefficient (Wildman–Crippen LogP) is 5.29. The van der Waals surface area contributed by atoms with E-state index in [0.717, 1.165) is 24.5 Å². The van der Waals surface area contributed by atoms with Crippen molar-refractivity contribution in [3.63, 3.8) is 0 Å². The molecule has 0 spiro atoms. The molecule has 0 saturated heterocycles. The fourth-order valence-electron chi connectivity index (χ4n) is 4.53. The Balaban J connectivity index is 1.37. The van der Waals surface area contributed by atoms with Gasteiger partial charge in [-0.2, -0.15) is 0 Å². The molecule has 5 heteroatoms. The van der Waals surface area contributed by atoms with Gasteiger partial charge in [0.05, 0.1) is 6.54 Å². The van der Waals surface area contributed by atoms with Crippen molar-refractivity contribution in [3.8, 4) is 0 Å². The summed E-state index contributed by atoms with van der Waals surface area (Å²) in [6.07, 6.45) is 8.84. The monoisotopic (exact) mass is 431 g/mol. The second kappa shape index (κ2) is 11.1. The number of hydrogen-bond acceptors (Lipinski definition) is 4. The lowest BCUT2D eigenvalue weighted by molar-refractivity contribution is 0.0916. The Labute approximate surface area is 190 Å². The fourth-order valence-corrected chi connectivity index (χ4v) is 4.53. The Kier molecular flexibility index (Phi) is 7.73. The number of furan rings is 1. The number of rotatable bonds is 9. The first-order chi connectivity index (χ1) is 15.7. The van der Waals surface area contributed by atoms with Gasteiger partial charge in [0, 0.05) is 37.4 Å². The molecule has 2 aromatic heterocycles. The van der Waals surface area contributed by atoms with E-state index in [1.807, 2.05) is 24.3 Å². The molecule has 4 rings (SSSR count). The van der Waals surface area contributed by atoms with Gasteiger partial charge in [0.2, 0.25) is 0 Å². The highest BCUT2D eigenvalue weighted by atomic mass is 16.4. The van der Waals surface area contributed by atoms with Gasteiger partial charge in [0.15, 0.2) is 5.76 Å². The summed E-state index contributed by atoms with van der Waals surface area (Å²) in [5.41, 5.74) is 3.58. The summed E-state index contributed by atoms with van der Waals surface area (Å²) >= 11 is 0. The van der Waals surface area contributed by atoms with Crippen LogP contribution in [0.4, 0.5) is 0 Å². The topological polar surface area (TPSA) is 58.4 Å². The van der Waals surface area contributed by atoms with Crippen molar-refractivity contribution in [1.82, 2.24) is 15.2 Å². The number of benzene rings is 1. The van der Waals surface area contributed by atoms with E-state index in [-0.39, 0.29) is 5.91 Å². The molecule has 3 aromatic rings. The van der Waals surface area contributed by atoms with Gasteiger partial charge >= 0.3 is 0 Å². The van der Waals surface area contributed by atoms with Gasteiger partial charge in [-0.15, -0.1) is 0 Å². The number of aryl methyl sites for hydroxylation is 1. The number of hydrogen-bond donors (Lipinski definition) is 1. The number of carbonyl (C=O) groups excluding carboxylic acids is 1. The van der Waals surface area contributed by atoms with Gasteiger partial charge in [0.25, 0.3) is 5.91 Å². The van der Waals surface area contributed by atoms with Gasteiger partial charge in [-0.05, 0) is 49.6 Å². The maximum absolute atomic E-state index is 12.5. The van der Waals surface area contributed by atoms with E-state index in [2.05, 4.69) is 46.4 Å². The molecule has 1 saturated carbocycles. The zero-order valence-corrected chi connectivity index (χ0v) is 18.9. The molecule has 1 amide bonds. The molecular formula is C27H33N3O2. The molecule has 168 valence electrons. The Morgan fingerprint density at radius 1 is 1.06 bits per heavy atom. The summed E-state index contributed by atoms with van der Waals surface area (Å²) in [5, 5.41) is 2.94. The SMILES string of the molecule is Cc1cccc(CN(Cc2ccc(C(=O)NCCc3ccccn3)o2)C2CCCCC2)c1. The average molecular weight is 432 g/mol. The van der Waals surface area contributed by atoms with Crippen molar-refractivity contribution >= 4 is 5.91 Å². The maximum atomic E-state index is 12.5. The van der Waals surface area contributed by atoms with E-state index in [1.165, 1.54) is 43.2 Å². The Bertz CT molecular complexity index is 993. The first-order valence-electron chi connectivity index (χ1n) is 11.7.